The largest absolute Gasteiger partial charge is 0.112 e. The van der Waals surface area contributed by atoms with Crippen LogP contribution in [-0.2, 0) is 0 Å². The van der Waals surface area contributed by atoms with Crippen molar-refractivity contribution in [2.75, 3.05) is 18.5 Å². The third-order valence-electron chi connectivity index (χ3n) is 2.96. The molecule has 0 fully saturated rings. The van der Waals surface area contributed by atoms with Crippen LogP contribution in [0.5, 0.6) is 0 Å². The van der Waals surface area contributed by atoms with Crippen molar-refractivity contribution >= 4 is 13.2 Å². The van der Waals surface area contributed by atoms with E-state index in [0.29, 0.717) is 0 Å². The summed E-state index contributed by atoms with van der Waals surface area (Å²) in [6.07, 6.45) is 17.2. The molecule has 0 aliphatic carbocycles. The fourth-order valence-electron chi connectivity index (χ4n) is 1.82. The zero-order valence-electron chi connectivity index (χ0n) is 10.5. The van der Waals surface area contributed by atoms with Crippen LogP contribution in [0, 0.1) is 0 Å². The van der Waals surface area contributed by atoms with Gasteiger partial charge in [-0.15, -0.1) is 13.2 Å². The second-order valence-electron chi connectivity index (χ2n) is 4.57. The van der Waals surface area contributed by atoms with Gasteiger partial charge in [0.25, 0.3) is 0 Å². The lowest BCUT2D eigenvalue weighted by Gasteiger charge is -2.24. The van der Waals surface area contributed by atoms with E-state index in [4.69, 9.17) is 0 Å². The Morgan fingerprint density at radius 2 is 1.00 bits per heavy atom. The highest BCUT2D eigenvalue weighted by Crippen LogP contribution is 2.47. The van der Waals surface area contributed by atoms with E-state index in [0.717, 1.165) is 0 Å². The summed E-state index contributed by atoms with van der Waals surface area (Å²) >= 11 is 0. The predicted molar refractivity (Wildman–Crippen MR) is 73.4 cm³/mol. The van der Waals surface area contributed by atoms with Gasteiger partial charge in [0.05, 0.1) is 0 Å². The van der Waals surface area contributed by atoms with Gasteiger partial charge >= 0.3 is 0 Å². The second-order valence-corrected chi connectivity index (χ2v) is 8.60. The molecule has 0 aromatic carbocycles. The van der Waals surface area contributed by atoms with Crippen LogP contribution < -0.4 is 0 Å². The van der Waals surface area contributed by atoms with Gasteiger partial charge < -0.3 is 0 Å². The third-order valence-corrected chi connectivity index (χ3v) is 6.75. The van der Waals surface area contributed by atoms with Crippen molar-refractivity contribution in [3.8, 4) is 0 Å². The molecule has 0 bridgehead atoms. The predicted octanol–water partition coefficient (Wildman–Crippen LogP) is 4.84. The van der Waals surface area contributed by atoms with Crippen molar-refractivity contribution in [3.63, 3.8) is 0 Å². The summed E-state index contributed by atoms with van der Waals surface area (Å²) in [6, 6.07) is 0. The third kappa shape index (κ3) is 6.71. The van der Waals surface area contributed by atoms with E-state index in [1.807, 2.05) is 0 Å². The van der Waals surface area contributed by atoms with Crippen molar-refractivity contribution in [1.82, 2.24) is 0 Å². The Bertz CT molecular complexity index is 132. The molecule has 0 aromatic heterocycles. The highest BCUT2D eigenvalue weighted by molar-refractivity contribution is 7.73. The summed E-state index contributed by atoms with van der Waals surface area (Å²) in [4.78, 5) is 0. The van der Waals surface area contributed by atoms with E-state index < -0.39 is 6.89 Å². The Labute approximate surface area is 91.5 Å². The molecule has 0 radical (unpaired) electrons. The first-order chi connectivity index (χ1) is 6.68. The van der Waals surface area contributed by atoms with E-state index in [1.165, 1.54) is 57.0 Å². The zero-order chi connectivity index (χ0) is 10.9. The summed E-state index contributed by atoms with van der Waals surface area (Å²) in [5, 5.41) is 0. The molecule has 0 amide bonds. The van der Waals surface area contributed by atoms with Crippen molar-refractivity contribution in [1.29, 1.82) is 0 Å². The molecule has 0 heterocycles. The molecule has 0 saturated carbocycles. The molecule has 1 heteroatoms. The number of hydrogen-bond donors (Lipinski definition) is 0. The molecular weight excluding hydrogens is 187 g/mol. The molecule has 0 rings (SSSR count). The fraction of sp³-hybridized carbons (Fsp3) is 0.923. The fourth-order valence-corrected chi connectivity index (χ4v) is 5.45. The Balaban J connectivity index is 3.97. The second kappa shape index (κ2) is 8.60. The number of rotatable bonds is 9. The molecule has 86 valence electrons. The topological polar surface area (TPSA) is 0 Å². The molecule has 0 aliphatic heterocycles. The molecule has 14 heavy (non-hydrogen) atoms. The van der Waals surface area contributed by atoms with Gasteiger partial charge in [-0.3, -0.25) is 0 Å². The van der Waals surface area contributed by atoms with Crippen molar-refractivity contribution < 1.29 is 0 Å². The van der Waals surface area contributed by atoms with Crippen LogP contribution in [0.4, 0.5) is 0 Å². The van der Waals surface area contributed by atoms with Crippen LogP contribution in [0.15, 0.2) is 0 Å². The van der Waals surface area contributed by atoms with Gasteiger partial charge in [0.1, 0.15) is 0 Å². The minimum absolute atomic E-state index is 0.769. The van der Waals surface area contributed by atoms with E-state index in [2.05, 4.69) is 27.1 Å². The summed E-state index contributed by atoms with van der Waals surface area (Å²) in [5.74, 6) is 0. The lowest BCUT2D eigenvalue weighted by atomic mass is 10.4. The average molecular weight is 216 g/mol. The molecular formula is C13H29P. The van der Waals surface area contributed by atoms with Crippen LogP contribution >= 0.6 is 6.89 Å². The van der Waals surface area contributed by atoms with Gasteiger partial charge in [-0.2, -0.15) is 0 Å². The lowest BCUT2D eigenvalue weighted by molar-refractivity contribution is 0.845. The molecule has 0 N–H and O–H groups in total. The van der Waals surface area contributed by atoms with Gasteiger partial charge in [0, 0.05) is 0 Å². The molecule has 0 nitrogen and oxygen atoms in total. The van der Waals surface area contributed by atoms with Gasteiger partial charge in [0.15, 0.2) is 0 Å². The smallest absolute Gasteiger partial charge is 0.0332 e. The highest BCUT2D eigenvalue weighted by Gasteiger charge is 2.12. The van der Waals surface area contributed by atoms with E-state index in [9.17, 15) is 0 Å². The van der Waals surface area contributed by atoms with Crippen molar-refractivity contribution in [2.45, 2.75) is 59.3 Å². The maximum absolute atomic E-state index is 4.59. The average Bonchev–Trinajstić information content (AvgIpc) is 2.21. The van der Waals surface area contributed by atoms with E-state index in [1.54, 1.807) is 0 Å². The van der Waals surface area contributed by atoms with Crippen molar-refractivity contribution in [3.05, 3.63) is 0 Å². The molecule has 0 spiro atoms. The maximum Gasteiger partial charge on any atom is -0.0332 e. The van der Waals surface area contributed by atoms with E-state index in [-0.39, 0.29) is 0 Å². The maximum atomic E-state index is 4.59. The van der Waals surface area contributed by atoms with Gasteiger partial charge in [-0.25, -0.2) is 0 Å². The standard InChI is InChI=1S/C13H29P/c1-5-8-11-14(4,12-9-6-2)13-10-7-3/h4-13H2,1-3H3. The molecule has 0 aromatic rings. The highest BCUT2D eigenvalue weighted by atomic mass is 31.2. The quantitative estimate of drug-likeness (QED) is 0.484. The van der Waals surface area contributed by atoms with E-state index >= 15 is 0 Å². The Kier molecular flexibility index (Phi) is 8.78. The SMILES string of the molecule is C=P(CCCC)(CCCC)CCCC. The molecule has 0 atom stereocenters. The number of hydrogen-bond acceptors (Lipinski definition) is 0. The first-order valence-corrected chi connectivity index (χ1v) is 8.92. The Morgan fingerprint density at radius 1 is 0.714 bits per heavy atom. The van der Waals surface area contributed by atoms with Gasteiger partial charge in [-0.1, -0.05) is 40.0 Å². The summed E-state index contributed by atoms with van der Waals surface area (Å²) < 4.78 is 0. The molecule has 0 unspecified atom stereocenters. The molecule has 0 saturated heterocycles. The first kappa shape index (κ1) is 14.3. The van der Waals surface area contributed by atoms with Crippen LogP contribution in [0.3, 0.4) is 0 Å². The van der Waals surface area contributed by atoms with Gasteiger partial charge in [0.2, 0.25) is 0 Å². The first-order valence-electron chi connectivity index (χ1n) is 6.39. The monoisotopic (exact) mass is 216 g/mol. The normalized spacial score (nSPS) is 11.9. The Hall–Kier alpha value is 0.300. The summed E-state index contributed by atoms with van der Waals surface area (Å²) in [5.41, 5.74) is 0. The summed E-state index contributed by atoms with van der Waals surface area (Å²) in [7, 11) is 0. The van der Waals surface area contributed by atoms with Crippen LogP contribution in [0.2, 0.25) is 0 Å². The lowest BCUT2D eigenvalue weighted by Crippen LogP contribution is -2.01. The molecule has 0 aliphatic rings. The Morgan fingerprint density at radius 3 is 1.21 bits per heavy atom. The van der Waals surface area contributed by atoms with Crippen LogP contribution in [-0.4, -0.2) is 24.8 Å². The number of unbranched alkanes of at least 4 members (excludes halogenated alkanes) is 3. The van der Waals surface area contributed by atoms with Crippen molar-refractivity contribution in [2.24, 2.45) is 0 Å². The van der Waals surface area contributed by atoms with Crippen LogP contribution in [0.25, 0.3) is 0 Å². The minimum atomic E-state index is -0.769. The van der Waals surface area contributed by atoms with Gasteiger partial charge in [-0.05, 0) is 37.7 Å². The zero-order valence-corrected chi connectivity index (χ0v) is 11.4. The van der Waals surface area contributed by atoms with Crippen LogP contribution in [0.1, 0.15) is 59.3 Å². The summed E-state index contributed by atoms with van der Waals surface area (Å²) in [6.45, 7) is 6.12. The minimum Gasteiger partial charge on any atom is -0.112 e.